The molecule has 2 rings (SSSR count). The zero-order valence-corrected chi connectivity index (χ0v) is 10.0. The normalized spacial score (nSPS) is 29.8. The van der Waals surface area contributed by atoms with Crippen LogP contribution in [0.4, 0.5) is 0 Å². The Labute approximate surface area is 100 Å². The smallest absolute Gasteiger partial charge is 0.217 e. The Hall–Kier alpha value is -1.11. The molecular weight excluding hydrogens is 276 g/mol. The van der Waals surface area contributed by atoms with Gasteiger partial charge in [0.25, 0.3) is 0 Å². The molecule has 86 valence electrons. The van der Waals surface area contributed by atoms with E-state index in [9.17, 15) is 5.11 Å². The number of hydrogen-bond donors (Lipinski definition) is 1. The van der Waals surface area contributed by atoms with Crippen molar-refractivity contribution in [3.8, 4) is 0 Å². The van der Waals surface area contributed by atoms with Crippen molar-refractivity contribution in [2.75, 3.05) is 0 Å². The Morgan fingerprint density at radius 2 is 2.44 bits per heavy atom. The molecule has 1 aliphatic rings. The Bertz CT molecular complexity index is 414. The standard InChI is InChI=1S/C8H11BrN6O/c9-8-11-4-15(13-8)6-3-1-2-5(7(6)16)12-14-10/h4-7,16H,1-3H2/t5?,6-,7-/m1/s1. The molecule has 16 heavy (non-hydrogen) atoms. The van der Waals surface area contributed by atoms with Crippen LogP contribution in [0.5, 0.6) is 0 Å². The number of aliphatic hydroxyl groups excluding tert-OH is 1. The van der Waals surface area contributed by atoms with E-state index in [-0.39, 0.29) is 12.1 Å². The van der Waals surface area contributed by atoms with Crippen LogP contribution in [-0.4, -0.2) is 32.0 Å². The summed E-state index contributed by atoms with van der Waals surface area (Å²) < 4.78 is 2.11. The highest BCUT2D eigenvalue weighted by Crippen LogP contribution is 2.30. The second-order valence-electron chi connectivity index (χ2n) is 3.75. The van der Waals surface area contributed by atoms with Gasteiger partial charge in [-0.2, -0.15) is 0 Å². The molecule has 0 bridgehead atoms. The molecule has 1 heterocycles. The van der Waals surface area contributed by atoms with Crippen LogP contribution < -0.4 is 0 Å². The van der Waals surface area contributed by atoms with Crippen molar-refractivity contribution in [2.24, 2.45) is 5.11 Å². The molecule has 1 aromatic heterocycles. The summed E-state index contributed by atoms with van der Waals surface area (Å²) in [4.78, 5) is 6.70. The summed E-state index contributed by atoms with van der Waals surface area (Å²) in [6.07, 6.45) is 3.31. The zero-order valence-electron chi connectivity index (χ0n) is 8.44. The molecule has 3 atom stereocenters. The van der Waals surface area contributed by atoms with Crippen molar-refractivity contribution in [3.05, 3.63) is 21.5 Å². The van der Waals surface area contributed by atoms with Gasteiger partial charge in [0.05, 0.1) is 18.2 Å². The summed E-state index contributed by atoms with van der Waals surface area (Å²) in [5.74, 6) is 0. The van der Waals surface area contributed by atoms with Crippen molar-refractivity contribution in [3.63, 3.8) is 0 Å². The lowest BCUT2D eigenvalue weighted by Gasteiger charge is -2.31. The zero-order chi connectivity index (χ0) is 11.5. The lowest BCUT2D eigenvalue weighted by atomic mass is 9.89. The van der Waals surface area contributed by atoms with Crippen LogP contribution in [0, 0.1) is 0 Å². The largest absolute Gasteiger partial charge is 0.390 e. The highest BCUT2D eigenvalue weighted by atomic mass is 79.9. The number of hydrogen-bond acceptors (Lipinski definition) is 4. The van der Waals surface area contributed by atoms with Crippen LogP contribution in [0.25, 0.3) is 10.4 Å². The maximum absolute atomic E-state index is 10.1. The Balaban J connectivity index is 2.18. The molecule has 1 fully saturated rings. The summed E-state index contributed by atoms with van der Waals surface area (Å²) in [5.41, 5.74) is 8.40. The van der Waals surface area contributed by atoms with Gasteiger partial charge < -0.3 is 5.11 Å². The van der Waals surface area contributed by atoms with Gasteiger partial charge in [-0.05, 0) is 34.3 Å². The van der Waals surface area contributed by atoms with Crippen LogP contribution in [0.1, 0.15) is 25.3 Å². The number of aromatic nitrogens is 3. The Kier molecular flexibility index (Phi) is 3.42. The van der Waals surface area contributed by atoms with Gasteiger partial charge in [0, 0.05) is 4.91 Å². The molecule has 0 radical (unpaired) electrons. The molecule has 1 aliphatic carbocycles. The van der Waals surface area contributed by atoms with Crippen molar-refractivity contribution >= 4 is 15.9 Å². The number of aliphatic hydroxyl groups is 1. The van der Waals surface area contributed by atoms with E-state index in [1.54, 1.807) is 11.0 Å². The van der Waals surface area contributed by atoms with Crippen LogP contribution in [0.2, 0.25) is 0 Å². The fraction of sp³-hybridized carbons (Fsp3) is 0.750. The van der Waals surface area contributed by atoms with Crippen LogP contribution in [0.15, 0.2) is 16.2 Å². The quantitative estimate of drug-likeness (QED) is 0.510. The molecule has 1 N–H and O–H groups in total. The molecule has 1 saturated carbocycles. The SMILES string of the molecule is [N-]=[N+]=NC1CCC[C@@H](n2cnc(Br)n2)[C@@H]1O. The first-order chi connectivity index (χ1) is 7.72. The average molecular weight is 287 g/mol. The maximum Gasteiger partial charge on any atom is 0.217 e. The van der Waals surface area contributed by atoms with Crippen LogP contribution in [0.3, 0.4) is 0 Å². The second kappa shape index (κ2) is 4.82. The fourth-order valence-corrected chi connectivity index (χ4v) is 2.30. The van der Waals surface area contributed by atoms with Crippen molar-refractivity contribution in [2.45, 2.75) is 37.5 Å². The first kappa shape index (κ1) is 11.4. The Morgan fingerprint density at radius 1 is 1.62 bits per heavy atom. The lowest BCUT2D eigenvalue weighted by molar-refractivity contribution is 0.0514. The molecule has 0 saturated heterocycles. The fourth-order valence-electron chi connectivity index (χ4n) is 2.03. The molecule has 8 heteroatoms. The van der Waals surface area contributed by atoms with Crippen molar-refractivity contribution in [1.82, 2.24) is 14.8 Å². The van der Waals surface area contributed by atoms with E-state index in [1.165, 1.54) is 0 Å². The molecule has 0 spiro atoms. The van der Waals surface area contributed by atoms with Crippen LogP contribution >= 0.6 is 15.9 Å². The van der Waals surface area contributed by atoms with E-state index >= 15 is 0 Å². The third-order valence-corrected chi connectivity index (χ3v) is 3.17. The molecule has 0 aliphatic heterocycles. The molecule has 1 unspecified atom stereocenters. The monoisotopic (exact) mass is 286 g/mol. The average Bonchev–Trinajstić information content (AvgIpc) is 2.68. The highest BCUT2D eigenvalue weighted by Gasteiger charge is 2.32. The molecular formula is C8H11BrN6O. The van der Waals surface area contributed by atoms with E-state index in [2.05, 4.69) is 36.0 Å². The third-order valence-electron chi connectivity index (χ3n) is 2.81. The molecule has 0 amide bonds. The van der Waals surface area contributed by atoms with Gasteiger partial charge in [0.1, 0.15) is 6.33 Å². The minimum absolute atomic E-state index is 0.164. The molecule has 0 aromatic carbocycles. The van der Waals surface area contributed by atoms with Gasteiger partial charge >= 0.3 is 0 Å². The van der Waals surface area contributed by atoms with E-state index in [0.717, 1.165) is 19.3 Å². The van der Waals surface area contributed by atoms with E-state index in [1.807, 2.05) is 0 Å². The third kappa shape index (κ3) is 2.18. The topological polar surface area (TPSA) is 99.7 Å². The first-order valence-electron chi connectivity index (χ1n) is 5.01. The van der Waals surface area contributed by atoms with Crippen LogP contribution in [-0.2, 0) is 0 Å². The first-order valence-corrected chi connectivity index (χ1v) is 5.80. The van der Waals surface area contributed by atoms with Gasteiger partial charge in [0.2, 0.25) is 4.73 Å². The second-order valence-corrected chi connectivity index (χ2v) is 4.46. The predicted octanol–water partition coefficient (Wildman–Crippen LogP) is 1.81. The summed E-state index contributed by atoms with van der Waals surface area (Å²) in [6.45, 7) is 0. The summed E-state index contributed by atoms with van der Waals surface area (Å²) in [7, 11) is 0. The number of halogens is 1. The number of nitrogens with zero attached hydrogens (tertiary/aromatic N) is 6. The summed E-state index contributed by atoms with van der Waals surface area (Å²) in [6, 6.07) is -0.533. The highest BCUT2D eigenvalue weighted by molar-refractivity contribution is 9.10. The minimum Gasteiger partial charge on any atom is -0.390 e. The molecule has 7 nitrogen and oxygen atoms in total. The molecule has 1 aromatic rings. The van der Waals surface area contributed by atoms with E-state index < -0.39 is 6.10 Å². The van der Waals surface area contributed by atoms with Gasteiger partial charge in [-0.25, -0.2) is 9.67 Å². The van der Waals surface area contributed by atoms with Crippen molar-refractivity contribution < 1.29 is 5.11 Å². The number of azide groups is 1. The number of rotatable bonds is 2. The predicted molar refractivity (Wildman–Crippen MR) is 59.6 cm³/mol. The van der Waals surface area contributed by atoms with Gasteiger partial charge in [-0.3, -0.25) is 0 Å². The summed E-state index contributed by atoms with van der Waals surface area (Å²) in [5, 5.41) is 17.8. The van der Waals surface area contributed by atoms with Gasteiger partial charge in [-0.15, -0.1) is 5.10 Å². The van der Waals surface area contributed by atoms with E-state index in [4.69, 9.17) is 5.53 Å². The summed E-state index contributed by atoms with van der Waals surface area (Å²) >= 11 is 3.16. The van der Waals surface area contributed by atoms with Gasteiger partial charge in [0.15, 0.2) is 0 Å². The Morgan fingerprint density at radius 3 is 3.06 bits per heavy atom. The lowest BCUT2D eigenvalue weighted by Crippen LogP contribution is -2.37. The minimum atomic E-state index is -0.696. The van der Waals surface area contributed by atoms with Gasteiger partial charge in [-0.1, -0.05) is 11.5 Å². The van der Waals surface area contributed by atoms with Crippen molar-refractivity contribution in [1.29, 1.82) is 0 Å². The van der Waals surface area contributed by atoms with E-state index in [0.29, 0.717) is 4.73 Å². The maximum atomic E-state index is 10.1.